The van der Waals surface area contributed by atoms with Crippen molar-refractivity contribution in [2.45, 2.75) is 39.0 Å². The molecular weight excluding hydrogens is 333 g/mol. The Bertz CT molecular complexity index is 294. The fourth-order valence-electron chi connectivity index (χ4n) is 1.15. The van der Waals surface area contributed by atoms with Gasteiger partial charge in [-0.05, 0) is 23.2 Å². The fraction of sp³-hybridized carbons (Fsp3) is 0.667. The van der Waals surface area contributed by atoms with E-state index < -0.39 is 0 Å². The largest absolute Gasteiger partial charge is 0.466 e. The predicted molar refractivity (Wildman–Crippen MR) is 74.5 cm³/mol. The van der Waals surface area contributed by atoms with Gasteiger partial charge in [-0.25, -0.2) is 0 Å². The van der Waals surface area contributed by atoms with Crippen LogP contribution in [0.3, 0.4) is 0 Å². The first kappa shape index (κ1) is 16.2. The van der Waals surface area contributed by atoms with Crippen molar-refractivity contribution in [1.82, 2.24) is 5.32 Å². The highest BCUT2D eigenvalue weighted by Gasteiger charge is 2.01. The highest BCUT2D eigenvalue weighted by atomic mass is 127. The van der Waals surface area contributed by atoms with Crippen LogP contribution in [0.2, 0.25) is 0 Å². The summed E-state index contributed by atoms with van der Waals surface area (Å²) in [4.78, 5) is 22.1. The van der Waals surface area contributed by atoms with Crippen LogP contribution in [-0.4, -0.2) is 25.0 Å². The summed E-state index contributed by atoms with van der Waals surface area (Å²) >= 11 is 1.82. The minimum absolute atomic E-state index is 0.133. The van der Waals surface area contributed by atoms with Crippen molar-refractivity contribution < 1.29 is 14.3 Å². The number of ether oxygens (including phenoxy) is 1. The smallest absolute Gasteiger partial charge is 0.305 e. The third-order valence-corrected chi connectivity index (χ3v) is 2.24. The van der Waals surface area contributed by atoms with E-state index in [0.29, 0.717) is 19.6 Å². The number of amides is 1. The van der Waals surface area contributed by atoms with Crippen molar-refractivity contribution in [1.29, 1.82) is 0 Å². The summed E-state index contributed by atoms with van der Waals surface area (Å²) in [6.45, 7) is 3.08. The number of carbonyl (C=O) groups is 2. The van der Waals surface area contributed by atoms with Crippen LogP contribution >= 0.6 is 22.6 Å². The first-order valence-electron chi connectivity index (χ1n) is 5.75. The number of nitrogens with one attached hydrogen (secondary N) is 1. The minimum Gasteiger partial charge on any atom is -0.466 e. The Morgan fingerprint density at radius 1 is 1.29 bits per heavy atom. The highest BCUT2D eigenvalue weighted by Crippen LogP contribution is 2.01. The molecule has 0 aliphatic heterocycles. The van der Waals surface area contributed by atoms with Gasteiger partial charge in [0, 0.05) is 41.5 Å². The molecule has 0 spiro atoms. The van der Waals surface area contributed by atoms with Gasteiger partial charge in [-0.3, -0.25) is 9.59 Å². The van der Waals surface area contributed by atoms with Crippen molar-refractivity contribution in [3.63, 3.8) is 0 Å². The average Bonchev–Trinajstić information content (AvgIpc) is 2.31. The Hall–Kier alpha value is -0.770. The predicted octanol–water partition coefficient (Wildman–Crippen LogP) is 2.01. The van der Waals surface area contributed by atoms with Crippen molar-refractivity contribution in [2.24, 2.45) is 0 Å². The maximum absolute atomic E-state index is 11.1. The molecule has 0 aromatic rings. The van der Waals surface area contributed by atoms with Gasteiger partial charge in [0.1, 0.15) is 0 Å². The summed E-state index contributed by atoms with van der Waals surface area (Å²) in [6.07, 6.45) is 3.88. The van der Waals surface area contributed by atoms with Crippen LogP contribution in [0.1, 0.15) is 39.0 Å². The molecule has 5 heteroatoms. The molecule has 0 unspecified atom stereocenters. The molecule has 0 aliphatic rings. The van der Waals surface area contributed by atoms with E-state index in [2.05, 4.69) is 15.2 Å². The molecule has 0 fully saturated rings. The quantitative estimate of drug-likeness (QED) is 0.315. The number of hydrogen-bond donors (Lipinski definition) is 1. The van der Waals surface area contributed by atoms with Gasteiger partial charge >= 0.3 is 5.97 Å². The maximum Gasteiger partial charge on any atom is 0.305 e. The first-order valence-corrected chi connectivity index (χ1v) is 6.83. The SMILES string of the molecule is CCCOC(=O)CCCCCNC(=O)C#CI. The number of rotatable bonds is 8. The van der Waals surface area contributed by atoms with Crippen molar-refractivity contribution in [3.05, 3.63) is 0 Å². The molecule has 0 aliphatic carbocycles. The molecule has 0 saturated carbocycles. The van der Waals surface area contributed by atoms with Crippen LogP contribution < -0.4 is 5.32 Å². The van der Waals surface area contributed by atoms with Gasteiger partial charge < -0.3 is 10.1 Å². The standard InChI is InChI=1S/C12H18INO3/c1-2-10-17-12(16)6-4-3-5-9-14-11(15)7-8-13/h2-6,9-10H2,1H3,(H,14,15). The van der Waals surface area contributed by atoms with E-state index in [4.69, 9.17) is 4.74 Å². The summed E-state index contributed by atoms with van der Waals surface area (Å²) in [5, 5.41) is 2.67. The number of esters is 1. The molecule has 1 N–H and O–H groups in total. The lowest BCUT2D eigenvalue weighted by Gasteiger charge is -2.03. The number of hydrogen-bond acceptors (Lipinski definition) is 3. The molecule has 0 atom stereocenters. The lowest BCUT2D eigenvalue weighted by Crippen LogP contribution is -2.22. The molecule has 4 nitrogen and oxygen atoms in total. The van der Waals surface area contributed by atoms with Gasteiger partial charge in [0.25, 0.3) is 5.91 Å². The molecule has 0 bridgehead atoms. The molecule has 17 heavy (non-hydrogen) atoms. The average molecular weight is 351 g/mol. The summed E-state index contributed by atoms with van der Waals surface area (Å²) in [5.41, 5.74) is 0. The third kappa shape index (κ3) is 11.5. The van der Waals surface area contributed by atoms with E-state index in [1.807, 2.05) is 29.5 Å². The zero-order valence-electron chi connectivity index (χ0n) is 10.1. The topological polar surface area (TPSA) is 55.4 Å². The highest BCUT2D eigenvalue weighted by molar-refractivity contribution is 14.1. The van der Waals surface area contributed by atoms with Crippen LogP contribution in [0.25, 0.3) is 0 Å². The number of carbonyl (C=O) groups excluding carboxylic acids is 2. The van der Waals surface area contributed by atoms with Crippen LogP contribution in [0.15, 0.2) is 0 Å². The number of unbranched alkanes of at least 4 members (excludes halogenated alkanes) is 2. The van der Waals surface area contributed by atoms with Gasteiger partial charge in [-0.2, -0.15) is 0 Å². The second kappa shape index (κ2) is 11.7. The summed E-state index contributed by atoms with van der Waals surface area (Å²) in [5.74, 6) is 2.01. The molecule has 0 radical (unpaired) electrons. The zero-order valence-corrected chi connectivity index (χ0v) is 12.2. The van der Waals surface area contributed by atoms with Gasteiger partial charge in [-0.1, -0.05) is 13.3 Å². The normalized spacial score (nSPS) is 9.06. The Labute approximate surface area is 116 Å². The minimum atomic E-state index is -0.248. The first-order chi connectivity index (χ1) is 8.20. The molecular formula is C12H18INO3. The van der Waals surface area contributed by atoms with E-state index in [1.54, 1.807) is 0 Å². The van der Waals surface area contributed by atoms with Gasteiger partial charge in [0.05, 0.1) is 6.61 Å². The van der Waals surface area contributed by atoms with Gasteiger partial charge in [-0.15, -0.1) is 0 Å². The maximum atomic E-state index is 11.1. The molecule has 0 aromatic carbocycles. The Morgan fingerprint density at radius 3 is 2.71 bits per heavy atom. The number of halogens is 1. The molecule has 0 aromatic heterocycles. The van der Waals surface area contributed by atoms with Crippen LogP contribution in [0.5, 0.6) is 0 Å². The van der Waals surface area contributed by atoms with Crippen molar-refractivity contribution in [3.8, 4) is 9.85 Å². The van der Waals surface area contributed by atoms with Gasteiger partial charge in [0.2, 0.25) is 0 Å². The lowest BCUT2D eigenvalue weighted by molar-refractivity contribution is -0.143. The molecule has 0 saturated heterocycles. The van der Waals surface area contributed by atoms with E-state index in [0.717, 1.165) is 25.7 Å². The Kier molecular flexibility index (Phi) is 11.2. The van der Waals surface area contributed by atoms with Crippen LogP contribution in [0, 0.1) is 9.85 Å². The second-order valence-corrected chi connectivity index (χ2v) is 4.05. The van der Waals surface area contributed by atoms with E-state index in [1.165, 1.54) is 0 Å². The molecule has 96 valence electrons. The van der Waals surface area contributed by atoms with Crippen LogP contribution in [0.4, 0.5) is 0 Å². The lowest BCUT2D eigenvalue weighted by atomic mass is 10.2. The Balaban J connectivity index is 3.31. The molecule has 0 heterocycles. The van der Waals surface area contributed by atoms with E-state index in [9.17, 15) is 9.59 Å². The Morgan fingerprint density at radius 2 is 2.06 bits per heavy atom. The fourth-order valence-corrected chi connectivity index (χ4v) is 1.39. The van der Waals surface area contributed by atoms with E-state index in [-0.39, 0.29) is 11.9 Å². The monoisotopic (exact) mass is 351 g/mol. The summed E-state index contributed by atoms with van der Waals surface area (Å²) in [7, 11) is 0. The van der Waals surface area contributed by atoms with Crippen molar-refractivity contribution in [2.75, 3.05) is 13.2 Å². The molecule has 1 amide bonds. The summed E-state index contributed by atoms with van der Waals surface area (Å²) < 4.78 is 7.44. The summed E-state index contributed by atoms with van der Waals surface area (Å²) in [6, 6.07) is 0. The van der Waals surface area contributed by atoms with E-state index >= 15 is 0 Å². The van der Waals surface area contributed by atoms with Crippen molar-refractivity contribution >= 4 is 34.5 Å². The second-order valence-electron chi connectivity index (χ2n) is 3.51. The molecule has 0 rings (SSSR count). The third-order valence-electron chi connectivity index (χ3n) is 1.97. The van der Waals surface area contributed by atoms with Crippen LogP contribution in [-0.2, 0) is 14.3 Å². The van der Waals surface area contributed by atoms with Gasteiger partial charge in [0.15, 0.2) is 0 Å². The zero-order chi connectivity index (χ0) is 12.9.